The van der Waals surface area contributed by atoms with E-state index < -0.39 is 17.9 Å². The summed E-state index contributed by atoms with van der Waals surface area (Å²) in [5, 5.41) is 9.38. The Labute approximate surface area is 134 Å². The SMILES string of the molecule is CCOC(=O)/C=C/c1cccc(/C=C/C(=O)OCC)c1C(=O)O. The van der Waals surface area contributed by atoms with Gasteiger partial charge < -0.3 is 14.6 Å². The Morgan fingerprint density at radius 2 is 1.39 bits per heavy atom. The zero-order chi connectivity index (χ0) is 17.2. The highest BCUT2D eigenvalue weighted by Crippen LogP contribution is 2.18. The fourth-order valence-corrected chi connectivity index (χ4v) is 1.81. The maximum Gasteiger partial charge on any atom is 0.336 e. The minimum absolute atomic E-state index is 0.0198. The van der Waals surface area contributed by atoms with Crippen LogP contribution in [0.1, 0.15) is 35.3 Å². The minimum Gasteiger partial charge on any atom is -0.478 e. The van der Waals surface area contributed by atoms with Crippen molar-refractivity contribution >= 4 is 30.1 Å². The molecule has 0 bridgehead atoms. The fraction of sp³-hybridized carbons (Fsp3) is 0.235. The lowest BCUT2D eigenvalue weighted by atomic mass is 10.00. The number of aromatic carboxylic acids is 1. The quantitative estimate of drug-likeness (QED) is 0.614. The summed E-state index contributed by atoms with van der Waals surface area (Å²) in [5.74, 6) is -2.29. The van der Waals surface area contributed by atoms with Crippen LogP contribution in [0.15, 0.2) is 30.4 Å². The molecule has 23 heavy (non-hydrogen) atoms. The second kappa shape index (κ2) is 9.19. The van der Waals surface area contributed by atoms with E-state index in [1.807, 2.05) is 0 Å². The smallest absolute Gasteiger partial charge is 0.336 e. The van der Waals surface area contributed by atoms with Crippen LogP contribution in [0.3, 0.4) is 0 Å². The van der Waals surface area contributed by atoms with Crippen molar-refractivity contribution in [3.63, 3.8) is 0 Å². The van der Waals surface area contributed by atoms with Gasteiger partial charge in [-0.2, -0.15) is 0 Å². The first kappa shape index (κ1) is 18.2. The summed E-state index contributed by atoms with van der Waals surface area (Å²) in [6, 6.07) is 4.74. The number of carbonyl (C=O) groups excluding carboxylic acids is 2. The number of rotatable bonds is 7. The number of esters is 2. The van der Waals surface area contributed by atoms with Crippen LogP contribution in [0.5, 0.6) is 0 Å². The van der Waals surface area contributed by atoms with Crippen molar-refractivity contribution in [2.24, 2.45) is 0 Å². The lowest BCUT2D eigenvalue weighted by Gasteiger charge is -2.06. The minimum atomic E-state index is -1.17. The number of benzene rings is 1. The molecule has 0 saturated heterocycles. The summed E-state index contributed by atoms with van der Waals surface area (Å²) in [6.45, 7) is 3.82. The van der Waals surface area contributed by atoms with Crippen LogP contribution < -0.4 is 0 Å². The Bertz CT molecular complexity index is 596. The number of carboxylic acid groups (broad SMARTS) is 1. The number of carboxylic acids is 1. The molecule has 1 rings (SSSR count). The van der Waals surface area contributed by atoms with Gasteiger partial charge in [0.25, 0.3) is 0 Å². The number of ether oxygens (including phenoxy) is 2. The molecular formula is C17H18O6. The van der Waals surface area contributed by atoms with Gasteiger partial charge in [0.2, 0.25) is 0 Å². The van der Waals surface area contributed by atoms with Crippen LogP contribution >= 0.6 is 0 Å². The predicted octanol–water partition coefficient (Wildman–Crippen LogP) is 2.54. The van der Waals surface area contributed by atoms with Gasteiger partial charge in [-0.25, -0.2) is 14.4 Å². The van der Waals surface area contributed by atoms with Crippen molar-refractivity contribution in [1.29, 1.82) is 0 Å². The third-order valence-electron chi connectivity index (χ3n) is 2.71. The van der Waals surface area contributed by atoms with Crippen molar-refractivity contribution in [2.45, 2.75) is 13.8 Å². The van der Waals surface area contributed by atoms with Crippen molar-refractivity contribution in [1.82, 2.24) is 0 Å². The molecule has 0 amide bonds. The summed E-state index contributed by atoms with van der Waals surface area (Å²) in [7, 11) is 0. The van der Waals surface area contributed by atoms with Gasteiger partial charge in [0, 0.05) is 12.2 Å². The average Bonchev–Trinajstić information content (AvgIpc) is 2.51. The van der Waals surface area contributed by atoms with Gasteiger partial charge in [-0.05, 0) is 37.1 Å². The molecule has 1 aromatic rings. The van der Waals surface area contributed by atoms with Gasteiger partial charge in [-0.1, -0.05) is 18.2 Å². The topological polar surface area (TPSA) is 89.9 Å². The summed E-state index contributed by atoms with van der Waals surface area (Å²) >= 11 is 0. The van der Waals surface area contributed by atoms with E-state index >= 15 is 0 Å². The molecule has 0 unspecified atom stereocenters. The molecule has 0 radical (unpaired) electrons. The number of hydrogen-bond donors (Lipinski definition) is 1. The van der Waals surface area contributed by atoms with Crippen molar-refractivity contribution in [3.05, 3.63) is 47.0 Å². The van der Waals surface area contributed by atoms with E-state index in [1.165, 1.54) is 12.2 Å². The zero-order valence-electron chi connectivity index (χ0n) is 12.9. The van der Waals surface area contributed by atoms with Crippen molar-refractivity contribution in [3.8, 4) is 0 Å². The molecule has 0 atom stereocenters. The van der Waals surface area contributed by atoms with Crippen LogP contribution in [-0.2, 0) is 19.1 Å². The van der Waals surface area contributed by atoms with E-state index in [4.69, 9.17) is 9.47 Å². The number of carbonyl (C=O) groups is 3. The first-order chi connectivity index (χ1) is 11.0. The van der Waals surface area contributed by atoms with E-state index in [0.29, 0.717) is 11.1 Å². The second-order valence-electron chi connectivity index (χ2n) is 4.29. The molecule has 0 spiro atoms. The van der Waals surface area contributed by atoms with Gasteiger partial charge in [0.05, 0.1) is 18.8 Å². The largest absolute Gasteiger partial charge is 0.478 e. The zero-order valence-corrected chi connectivity index (χ0v) is 12.9. The third-order valence-corrected chi connectivity index (χ3v) is 2.71. The van der Waals surface area contributed by atoms with Gasteiger partial charge in [-0.15, -0.1) is 0 Å². The summed E-state index contributed by atoms with van der Waals surface area (Å²) in [5.41, 5.74) is 0.640. The third kappa shape index (κ3) is 5.78. The standard InChI is InChI=1S/C17H18O6/c1-3-22-14(18)10-8-12-6-5-7-13(16(12)17(20)21)9-11-15(19)23-4-2/h5-11H,3-4H2,1-2H3,(H,20,21)/b10-8+,11-9+. The molecule has 1 aromatic carbocycles. The van der Waals surface area contributed by atoms with Crippen LogP contribution in [0.2, 0.25) is 0 Å². The molecule has 0 fully saturated rings. The van der Waals surface area contributed by atoms with Crippen molar-refractivity contribution < 1.29 is 29.0 Å². The van der Waals surface area contributed by atoms with Crippen LogP contribution in [-0.4, -0.2) is 36.2 Å². The first-order valence-electron chi connectivity index (χ1n) is 7.05. The lowest BCUT2D eigenvalue weighted by molar-refractivity contribution is -0.138. The van der Waals surface area contributed by atoms with Crippen molar-refractivity contribution in [2.75, 3.05) is 13.2 Å². The Kier molecular flexibility index (Phi) is 7.26. The molecule has 0 aliphatic heterocycles. The molecule has 6 heteroatoms. The van der Waals surface area contributed by atoms with Gasteiger partial charge >= 0.3 is 17.9 Å². The van der Waals surface area contributed by atoms with Crippen LogP contribution in [0.4, 0.5) is 0 Å². The lowest BCUT2D eigenvalue weighted by Crippen LogP contribution is -2.04. The monoisotopic (exact) mass is 318 g/mol. The average molecular weight is 318 g/mol. The Morgan fingerprint density at radius 3 is 1.74 bits per heavy atom. The number of hydrogen-bond acceptors (Lipinski definition) is 5. The molecule has 0 saturated carbocycles. The van der Waals surface area contributed by atoms with E-state index in [-0.39, 0.29) is 18.8 Å². The molecule has 0 heterocycles. The van der Waals surface area contributed by atoms with Gasteiger partial charge in [-0.3, -0.25) is 0 Å². The Hall–Kier alpha value is -2.89. The highest BCUT2D eigenvalue weighted by atomic mass is 16.5. The van der Waals surface area contributed by atoms with E-state index in [1.54, 1.807) is 32.0 Å². The maximum absolute atomic E-state index is 11.5. The summed E-state index contributed by atoms with van der Waals surface area (Å²) in [4.78, 5) is 34.2. The summed E-state index contributed by atoms with van der Waals surface area (Å²) < 4.78 is 9.50. The molecule has 6 nitrogen and oxygen atoms in total. The molecule has 1 N–H and O–H groups in total. The predicted molar refractivity (Wildman–Crippen MR) is 84.7 cm³/mol. The van der Waals surface area contributed by atoms with Crippen LogP contribution in [0, 0.1) is 0 Å². The maximum atomic E-state index is 11.5. The Morgan fingerprint density at radius 1 is 0.957 bits per heavy atom. The molecule has 0 aliphatic carbocycles. The van der Waals surface area contributed by atoms with Gasteiger partial charge in [0.1, 0.15) is 0 Å². The molecule has 122 valence electrons. The molecule has 0 aliphatic rings. The fourth-order valence-electron chi connectivity index (χ4n) is 1.81. The molecule has 0 aromatic heterocycles. The highest BCUT2D eigenvalue weighted by molar-refractivity contribution is 5.99. The van der Waals surface area contributed by atoms with Crippen LogP contribution in [0.25, 0.3) is 12.2 Å². The highest BCUT2D eigenvalue weighted by Gasteiger charge is 2.13. The summed E-state index contributed by atoms with van der Waals surface area (Å²) in [6.07, 6.45) is 5.04. The van der Waals surface area contributed by atoms with E-state index in [0.717, 1.165) is 12.2 Å². The second-order valence-corrected chi connectivity index (χ2v) is 4.29. The van der Waals surface area contributed by atoms with E-state index in [9.17, 15) is 19.5 Å². The first-order valence-corrected chi connectivity index (χ1v) is 7.05. The van der Waals surface area contributed by atoms with Gasteiger partial charge in [0.15, 0.2) is 0 Å². The normalized spacial score (nSPS) is 10.9. The molecular weight excluding hydrogens is 300 g/mol. The Balaban J connectivity index is 3.14. The van der Waals surface area contributed by atoms with E-state index in [2.05, 4.69) is 0 Å².